The van der Waals surface area contributed by atoms with Crippen LogP contribution < -0.4 is 5.32 Å². The number of nitrogens with one attached hydrogen (secondary N) is 1. The Balaban J connectivity index is 2.40. The van der Waals surface area contributed by atoms with Crippen LogP contribution in [0.2, 0.25) is 18.1 Å². The first-order valence-electron chi connectivity index (χ1n) is 5.85. The smallest absolute Gasteiger partial charge is 0.188 e. The first-order valence-corrected chi connectivity index (χ1v) is 8.79. The average Bonchev–Trinajstić information content (AvgIpc) is 2.46. The summed E-state index contributed by atoms with van der Waals surface area (Å²) in [5.41, 5.74) is 1.32. The van der Waals surface area contributed by atoms with Gasteiger partial charge >= 0.3 is 0 Å². The van der Waals surface area contributed by atoms with Crippen molar-refractivity contribution in [3.8, 4) is 0 Å². The Morgan fingerprint density at radius 3 is 2.53 bits per heavy atom. The molecule has 0 bridgehead atoms. The van der Waals surface area contributed by atoms with Gasteiger partial charge in [-0.25, -0.2) is 0 Å². The zero-order valence-corrected chi connectivity index (χ0v) is 11.6. The van der Waals surface area contributed by atoms with E-state index >= 15 is 0 Å². The molecule has 0 aromatic carbocycles. The molecule has 2 N–H and O–H groups in total. The molecule has 2 nitrogen and oxygen atoms in total. The van der Waals surface area contributed by atoms with Crippen LogP contribution in [0, 0.1) is 0 Å². The first kappa shape index (κ1) is 12.9. The molecule has 88 valence electrons. The molecule has 1 aliphatic rings. The largest absolute Gasteiger partial charge is 0.432 e. The van der Waals surface area contributed by atoms with E-state index in [0.717, 1.165) is 25.8 Å². The van der Waals surface area contributed by atoms with E-state index in [1.807, 2.05) is 13.1 Å². The summed E-state index contributed by atoms with van der Waals surface area (Å²) in [6.07, 6.45) is 3.38. The van der Waals surface area contributed by atoms with Crippen molar-refractivity contribution in [2.75, 3.05) is 6.54 Å². The van der Waals surface area contributed by atoms with Crippen molar-refractivity contribution in [1.29, 1.82) is 0 Å². The molecule has 0 saturated carbocycles. The lowest BCUT2D eigenvalue weighted by molar-refractivity contribution is 0.417. The fraction of sp³-hybridized carbons (Fsp3) is 0.833. The molecule has 0 aliphatic carbocycles. The second-order valence-corrected chi connectivity index (χ2v) is 10.5. The van der Waals surface area contributed by atoms with E-state index in [1.165, 1.54) is 5.57 Å². The lowest BCUT2D eigenvalue weighted by Crippen LogP contribution is -2.39. The Labute approximate surface area is 94.9 Å². The molecule has 0 unspecified atom stereocenters. The molecule has 0 amide bonds. The lowest BCUT2D eigenvalue weighted by atomic mass is 10.0. The zero-order valence-electron chi connectivity index (χ0n) is 10.6. The third kappa shape index (κ3) is 3.43. The Hall–Kier alpha value is -0.123. The zero-order chi connectivity index (χ0) is 11.7. The van der Waals surface area contributed by atoms with Gasteiger partial charge in [-0.3, -0.25) is 0 Å². The van der Waals surface area contributed by atoms with E-state index in [2.05, 4.69) is 25.7 Å². The lowest BCUT2D eigenvalue weighted by Gasteiger charge is -2.35. The fourth-order valence-electron chi connectivity index (χ4n) is 1.83. The van der Waals surface area contributed by atoms with Crippen molar-refractivity contribution in [2.45, 2.75) is 57.3 Å². The summed E-state index contributed by atoms with van der Waals surface area (Å²) in [5, 5.41) is 3.57. The van der Waals surface area contributed by atoms with Gasteiger partial charge in [0.05, 0.1) is 0 Å². The van der Waals surface area contributed by atoms with Crippen LogP contribution in [0.15, 0.2) is 12.2 Å². The summed E-state index contributed by atoms with van der Waals surface area (Å²) in [5.74, 6) is 0. The minimum atomic E-state index is -2.02. The maximum Gasteiger partial charge on any atom is 0.188 e. The van der Waals surface area contributed by atoms with E-state index in [1.54, 1.807) is 0 Å². The first-order chi connectivity index (χ1) is 6.72. The Kier molecular flexibility index (Phi) is 3.79. The van der Waals surface area contributed by atoms with Gasteiger partial charge in [0, 0.05) is 12.6 Å². The minimum absolute atomic E-state index is 0.110. The normalized spacial score (nSPS) is 23.5. The van der Waals surface area contributed by atoms with Crippen molar-refractivity contribution in [3.63, 3.8) is 0 Å². The molecule has 1 saturated heterocycles. The quantitative estimate of drug-likeness (QED) is 0.572. The van der Waals surface area contributed by atoms with E-state index in [9.17, 15) is 4.80 Å². The molecular formula is C12H25NOSi. The molecule has 1 atom stereocenters. The van der Waals surface area contributed by atoms with Crippen molar-refractivity contribution >= 4 is 8.32 Å². The summed E-state index contributed by atoms with van der Waals surface area (Å²) in [6, 6.07) is 0.591. The summed E-state index contributed by atoms with van der Waals surface area (Å²) >= 11 is 0. The summed E-state index contributed by atoms with van der Waals surface area (Å²) in [4.78, 5) is 10.2. The van der Waals surface area contributed by atoms with Crippen LogP contribution in [-0.4, -0.2) is 25.7 Å². The maximum absolute atomic E-state index is 10.2. The van der Waals surface area contributed by atoms with Crippen LogP contribution in [-0.2, 0) is 0 Å². The highest BCUT2D eigenvalue weighted by Crippen LogP contribution is 2.40. The van der Waals surface area contributed by atoms with Crippen molar-refractivity contribution in [1.82, 2.24) is 5.32 Å². The topological polar surface area (TPSA) is 32.3 Å². The van der Waals surface area contributed by atoms with E-state index in [0.29, 0.717) is 6.04 Å². The van der Waals surface area contributed by atoms with E-state index < -0.39 is 8.32 Å². The third-order valence-electron chi connectivity index (χ3n) is 3.95. The SMILES string of the molecule is C=C1CN[C@H](CCC(C)(C)[Si](C)(C)O)C1. The van der Waals surface area contributed by atoms with Gasteiger partial charge in [-0.15, -0.1) is 0 Å². The Morgan fingerprint density at radius 1 is 1.53 bits per heavy atom. The highest BCUT2D eigenvalue weighted by molar-refractivity contribution is 6.72. The van der Waals surface area contributed by atoms with Crippen LogP contribution >= 0.6 is 0 Å². The number of hydrogen-bond donors (Lipinski definition) is 2. The maximum atomic E-state index is 10.2. The van der Waals surface area contributed by atoms with Gasteiger partial charge < -0.3 is 10.1 Å². The monoisotopic (exact) mass is 227 g/mol. The Bertz CT molecular complexity index is 242. The van der Waals surface area contributed by atoms with Gasteiger partial charge in [-0.05, 0) is 37.4 Å². The standard InChI is InChI=1S/C12H25NOSi/c1-10-8-11(13-9-10)6-7-12(2,3)15(4,5)14/h11,13-14H,1,6-9H2,2-5H3/t11-/m1/s1. The number of rotatable bonds is 4. The van der Waals surface area contributed by atoms with Gasteiger partial charge in [-0.2, -0.15) is 0 Å². The summed E-state index contributed by atoms with van der Waals surface area (Å²) < 4.78 is 0. The molecule has 0 spiro atoms. The molecule has 15 heavy (non-hydrogen) atoms. The van der Waals surface area contributed by atoms with Gasteiger partial charge in [-0.1, -0.05) is 26.0 Å². The van der Waals surface area contributed by atoms with E-state index in [4.69, 9.17) is 0 Å². The van der Waals surface area contributed by atoms with Crippen molar-refractivity contribution in [3.05, 3.63) is 12.2 Å². The second kappa shape index (κ2) is 4.40. The molecule has 3 heteroatoms. The molecule has 0 aromatic heterocycles. The predicted molar refractivity (Wildman–Crippen MR) is 68.5 cm³/mol. The van der Waals surface area contributed by atoms with Crippen LogP contribution in [0.3, 0.4) is 0 Å². The molecule has 0 radical (unpaired) electrons. The van der Waals surface area contributed by atoms with Gasteiger partial charge in [0.15, 0.2) is 8.32 Å². The molecular weight excluding hydrogens is 202 g/mol. The predicted octanol–water partition coefficient (Wildman–Crippen LogP) is 2.66. The number of hydrogen-bond acceptors (Lipinski definition) is 2. The third-order valence-corrected chi connectivity index (χ3v) is 7.51. The molecule has 1 rings (SSSR count). The average molecular weight is 227 g/mol. The molecule has 0 aromatic rings. The fourth-order valence-corrected chi connectivity index (χ4v) is 2.58. The van der Waals surface area contributed by atoms with Crippen molar-refractivity contribution in [2.24, 2.45) is 0 Å². The van der Waals surface area contributed by atoms with Gasteiger partial charge in [0.25, 0.3) is 0 Å². The molecule has 1 fully saturated rings. The highest BCUT2D eigenvalue weighted by atomic mass is 28.4. The van der Waals surface area contributed by atoms with Gasteiger partial charge in [0.1, 0.15) is 0 Å². The van der Waals surface area contributed by atoms with Crippen LogP contribution in [0.1, 0.15) is 33.1 Å². The van der Waals surface area contributed by atoms with E-state index in [-0.39, 0.29) is 5.04 Å². The van der Waals surface area contributed by atoms with Crippen LogP contribution in [0.4, 0.5) is 0 Å². The Morgan fingerprint density at radius 2 is 2.13 bits per heavy atom. The minimum Gasteiger partial charge on any atom is -0.432 e. The van der Waals surface area contributed by atoms with Crippen LogP contribution in [0.25, 0.3) is 0 Å². The summed E-state index contributed by atoms with van der Waals surface area (Å²) in [6.45, 7) is 13.4. The van der Waals surface area contributed by atoms with Gasteiger partial charge in [0.2, 0.25) is 0 Å². The van der Waals surface area contributed by atoms with Crippen LogP contribution in [0.5, 0.6) is 0 Å². The second-order valence-electron chi connectivity index (χ2n) is 6.01. The molecule has 1 aliphatic heterocycles. The summed E-state index contributed by atoms with van der Waals surface area (Å²) in [7, 11) is -2.02. The molecule has 1 heterocycles. The van der Waals surface area contributed by atoms with Crippen molar-refractivity contribution < 1.29 is 4.80 Å². The highest BCUT2D eigenvalue weighted by Gasteiger charge is 2.38.